The number of nitrogens with zero attached hydrogens (tertiary/aromatic N) is 5. The van der Waals surface area contributed by atoms with Gasteiger partial charge in [0, 0.05) is 39.4 Å². The number of rotatable bonds is 3. The van der Waals surface area contributed by atoms with Crippen molar-refractivity contribution in [2.75, 3.05) is 31.7 Å². The molecule has 166 valence electrons. The molecule has 2 aromatic heterocycles. The second kappa shape index (κ2) is 8.55. The van der Waals surface area contributed by atoms with Gasteiger partial charge in [0.15, 0.2) is 0 Å². The lowest BCUT2D eigenvalue weighted by molar-refractivity contribution is -0.000120. The number of hydrogen-bond acceptors (Lipinski definition) is 7. The molecule has 1 aliphatic heterocycles. The van der Waals surface area contributed by atoms with E-state index >= 15 is 0 Å². The highest BCUT2D eigenvalue weighted by atomic mass is 16.6. The van der Waals surface area contributed by atoms with E-state index in [9.17, 15) is 14.9 Å². The van der Waals surface area contributed by atoms with Gasteiger partial charge in [-0.05, 0) is 39.8 Å². The quantitative estimate of drug-likeness (QED) is 0.741. The summed E-state index contributed by atoms with van der Waals surface area (Å²) in [6.07, 6.45) is -0.389. The summed E-state index contributed by atoms with van der Waals surface area (Å²) in [5, 5.41) is 9.31. The van der Waals surface area contributed by atoms with Gasteiger partial charge in [-0.1, -0.05) is 0 Å². The van der Waals surface area contributed by atoms with E-state index in [4.69, 9.17) is 9.47 Å². The number of nitriles is 1. The topological polar surface area (TPSA) is 101 Å². The molecule has 9 heteroatoms. The first kappa shape index (κ1) is 22.6. The van der Waals surface area contributed by atoms with E-state index < -0.39 is 5.60 Å². The summed E-state index contributed by atoms with van der Waals surface area (Å²) in [5.41, 5.74) is 1.38. The van der Waals surface area contributed by atoms with Gasteiger partial charge in [0.25, 0.3) is 5.56 Å². The number of aromatic nitrogens is 2. The Hall–Kier alpha value is -3.12. The Morgan fingerprint density at radius 2 is 2.03 bits per heavy atom. The number of anilines is 1. The predicted molar refractivity (Wildman–Crippen MR) is 117 cm³/mol. The summed E-state index contributed by atoms with van der Waals surface area (Å²) < 4.78 is 12.5. The summed E-state index contributed by atoms with van der Waals surface area (Å²) in [7, 11) is 3.27. The van der Waals surface area contributed by atoms with Crippen LogP contribution < -0.4 is 10.5 Å². The molecule has 2 atom stereocenters. The maximum Gasteiger partial charge on any atom is 0.410 e. The lowest BCUT2D eigenvalue weighted by Crippen LogP contribution is -2.61. The number of hydrogen-bond donors (Lipinski definition) is 0. The fourth-order valence-electron chi connectivity index (χ4n) is 3.85. The number of piperazine rings is 1. The van der Waals surface area contributed by atoms with E-state index in [1.807, 2.05) is 27.7 Å². The maximum absolute atomic E-state index is 12.8. The van der Waals surface area contributed by atoms with Crippen LogP contribution in [0.25, 0.3) is 11.0 Å². The molecule has 0 aromatic carbocycles. The van der Waals surface area contributed by atoms with Crippen molar-refractivity contribution in [1.82, 2.24) is 14.5 Å². The largest absolute Gasteiger partial charge is 0.444 e. The number of carbonyl (C=O) groups is 1. The Labute approximate surface area is 181 Å². The van der Waals surface area contributed by atoms with Crippen LogP contribution in [0.5, 0.6) is 0 Å². The van der Waals surface area contributed by atoms with Gasteiger partial charge in [0.2, 0.25) is 0 Å². The van der Waals surface area contributed by atoms with Gasteiger partial charge in [-0.3, -0.25) is 9.69 Å². The van der Waals surface area contributed by atoms with Crippen LogP contribution in [0.2, 0.25) is 0 Å². The molecule has 31 heavy (non-hydrogen) atoms. The summed E-state index contributed by atoms with van der Waals surface area (Å²) in [6.45, 7) is 8.65. The molecule has 1 fully saturated rings. The lowest BCUT2D eigenvalue weighted by atomic mass is 10.1. The summed E-state index contributed by atoms with van der Waals surface area (Å²) >= 11 is 0. The monoisotopic (exact) mass is 427 g/mol. The van der Waals surface area contributed by atoms with Gasteiger partial charge in [-0.15, -0.1) is 0 Å². The van der Waals surface area contributed by atoms with Crippen LogP contribution >= 0.6 is 0 Å². The molecule has 0 spiro atoms. The first-order chi connectivity index (χ1) is 14.6. The van der Waals surface area contributed by atoms with Crippen LogP contribution in [0.1, 0.15) is 33.4 Å². The van der Waals surface area contributed by atoms with Crippen LogP contribution in [0.15, 0.2) is 23.0 Å². The van der Waals surface area contributed by atoms with Crippen LogP contribution in [-0.2, 0) is 16.5 Å². The fourth-order valence-corrected chi connectivity index (χ4v) is 3.85. The Morgan fingerprint density at radius 3 is 2.65 bits per heavy atom. The zero-order valence-electron chi connectivity index (χ0n) is 18.9. The average molecular weight is 428 g/mol. The smallest absolute Gasteiger partial charge is 0.410 e. The van der Waals surface area contributed by atoms with E-state index in [0.29, 0.717) is 36.4 Å². The minimum atomic E-state index is -0.603. The zero-order valence-corrected chi connectivity index (χ0v) is 18.9. The van der Waals surface area contributed by atoms with Gasteiger partial charge in [-0.25, -0.2) is 9.78 Å². The van der Waals surface area contributed by atoms with Crippen molar-refractivity contribution in [2.45, 2.75) is 45.4 Å². The van der Waals surface area contributed by atoms with Gasteiger partial charge < -0.3 is 18.9 Å². The van der Waals surface area contributed by atoms with E-state index in [1.54, 1.807) is 37.3 Å². The molecule has 1 amide bonds. The van der Waals surface area contributed by atoms with Crippen molar-refractivity contribution in [3.05, 3.63) is 34.2 Å². The number of methoxy groups -OCH3 is 1. The van der Waals surface area contributed by atoms with Crippen molar-refractivity contribution >= 4 is 22.8 Å². The summed E-state index contributed by atoms with van der Waals surface area (Å²) in [6, 6.07) is 6.56. The fraction of sp³-hybridized carbons (Fsp3) is 0.545. The van der Waals surface area contributed by atoms with Crippen LogP contribution in [0.4, 0.5) is 10.5 Å². The number of fused-ring (bicyclic) bond motifs is 1. The SMILES string of the molecule is COC[C@@H]1CN(c2cc(=O)n(C)c3ccc(C#N)nc23)[C@H](C)CN1C(=O)OC(C)(C)C. The van der Waals surface area contributed by atoms with Crippen LogP contribution in [0, 0.1) is 11.3 Å². The molecule has 0 bridgehead atoms. The number of aryl methyl sites for hydroxylation is 1. The van der Waals surface area contributed by atoms with Crippen molar-refractivity contribution < 1.29 is 14.3 Å². The molecule has 1 saturated heterocycles. The summed E-state index contributed by atoms with van der Waals surface area (Å²) in [5.74, 6) is 0. The molecule has 0 saturated carbocycles. The Balaban J connectivity index is 2.03. The minimum Gasteiger partial charge on any atom is -0.444 e. The highest BCUT2D eigenvalue weighted by molar-refractivity contribution is 5.89. The Morgan fingerprint density at radius 1 is 1.32 bits per heavy atom. The molecule has 0 N–H and O–H groups in total. The van der Waals surface area contributed by atoms with Crippen molar-refractivity contribution in [3.63, 3.8) is 0 Å². The van der Waals surface area contributed by atoms with Crippen molar-refractivity contribution in [2.24, 2.45) is 7.05 Å². The van der Waals surface area contributed by atoms with Gasteiger partial charge in [0.05, 0.1) is 23.9 Å². The van der Waals surface area contributed by atoms with E-state index in [2.05, 4.69) is 16.0 Å². The number of pyridine rings is 2. The number of amides is 1. The van der Waals surface area contributed by atoms with Crippen molar-refractivity contribution in [1.29, 1.82) is 5.26 Å². The maximum atomic E-state index is 12.8. The second-order valence-electron chi connectivity index (χ2n) is 8.85. The van der Waals surface area contributed by atoms with Crippen molar-refractivity contribution in [3.8, 4) is 6.07 Å². The average Bonchev–Trinajstić information content (AvgIpc) is 2.70. The van der Waals surface area contributed by atoms with Gasteiger partial charge >= 0.3 is 6.09 Å². The molecular weight excluding hydrogens is 398 g/mol. The van der Waals surface area contributed by atoms with E-state index in [-0.39, 0.29) is 29.4 Å². The normalized spacial score (nSPS) is 19.4. The first-order valence-corrected chi connectivity index (χ1v) is 10.2. The predicted octanol–water partition coefficient (Wildman–Crippen LogP) is 2.27. The molecular formula is C22H29N5O4. The third-order valence-corrected chi connectivity index (χ3v) is 5.32. The molecule has 3 heterocycles. The molecule has 3 rings (SSSR count). The Bertz CT molecular complexity index is 1080. The van der Waals surface area contributed by atoms with Crippen LogP contribution in [0.3, 0.4) is 0 Å². The third kappa shape index (κ3) is 4.64. The zero-order chi connectivity index (χ0) is 22.9. The van der Waals surface area contributed by atoms with Gasteiger partial charge in [0.1, 0.15) is 22.9 Å². The first-order valence-electron chi connectivity index (χ1n) is 10.2. The number of carbonyl (C=O) groups excluding carboxylic acids is 1. The van der Waals surface area contributed by atoms with Gasteiger partial charge in [-0.2, -0.15) is 5.26 Å². The van der Waals surface area contributed by atoms with Crippen LogP contribution in [-0.4, -0.2) is 65.0 Å². The second-order valence-corrected chi connectivity index (χ2v) is 8.85. The van der Waals surface area contributed by atoms with E-state index in [1.165, 1.54) is 4.57 Å². The molecule has 1 aliphatic rings. The molecule has 0 radical (unpaired) electrons. The lowest BCUT2D eigenvalue weighted by Gasteiger charge is -2.46. The Kier molecular flexibility index (Phi) is 6.23. The molecule has 9 nitrogen and oxygen atoms in total. The van der Waals surface area contributed by atoms with E-state index in [0.717, 1.165) is 0 Å². The highest BCUT2D eigenvalue weighted by Gasteiger charge is 2.37. The molecule has 2 aromatic rings. The number of ether oxygens (including phenoxy) is 2. The summed E-state index contributed by atoms with van der Waals surface area (Å²) in [4.78, 5) is 33.7. The third-order valence-electron chi connectivity index (χ3n) is 5.32. The molecule has 0 aliphatic carbocycles. The highest BCUT2D eigenvalue weighted by Crippen LogP contribution is 2.29. The molecule has 0 unspecified atom stereocenters. The standard InChI is InChI=1S/C22H29N5O4/c1-14-11-27(21(29)31-22(2,3)4)16(13-30-6)12-26(14)18-9-19(28)25(5)17-8-7-15(10-23)24-20(17)18/h7-9,14,16H,11-13H2,1-6H3/t14-,16+/m1/s1. The minimum absolute atomic E-state index is 0.108.